The van der Waals surface area contributed by atoms with E-state index < -0.39 is 0 Å². The van der Waals surface area contributed by atoms with Crippen LogP contribution in [0.5, 0.6) is 0 Å². The fraction of sp³-hybridized carbons (Fsp3) is 0.200. The van der Waals surface area contributed by atoms with Crippen LogP contribution in [-0.2, 0) is 0 Å². The van der Waals surface area contributed by atoms with Crippen LogP contribution in [0.25, 0.3) is 0 Å². The summed E-state index contributed by atoms with van der Waals surface area (Å²) in [4.78, 5) is 0. The average molecular weight is 369 g/mol. The summed E-state index contributed by atoms with van der Waals surface area (Å²) in [7, 11) is 0. The first-order valence-corrected chi connectivity index (χ1v) is 7.50. The average Bonchev–Trinajstić information content (AvgIpc) is 2.39. The zero-order chi connectivity index (χ0) is 13.0. The number of para-hydroxylation sites is 1. The van der Waals surface area contributed by atoms with Gasteiger partial charge in [0.05, 0.1) is 5.69 Å². The molecule has 18 heavy (non-hydrogen) atoms. The molecule has 0 aromatic heterocycles. The van der Waals surface area contributed by atoms with E-state index in [2.05, 4.69) is 68.4 Å². The van der Waals surface area contributed by atoms with Gasteiger partial charge in [-0.2, -0.15) is 0 Å². The molecule has 0 fully saturated rings. The topological polar surface area (TPSA) is 12.0 Å². The normalized spacial score (nSPS) is 12.2. The first-order valence-electron chi connectivity index (χ1n) is 5.91. The summed E-state index contributed by atoms with van der Waals surface area (Å²) < 4.78 is 2.16. The lowest BCUT2D eigenvalue weighted by Gasteiger charge is -2.16. The number of hydrogen-bond donors (Lipinski definition) is 1. The Morgan fingerprint density at radius 2 is 1.56 bits per heavy atom. The molecule has 1 atom stereocenters. The summed E-state index contributed by atoms with van der Waals surface area (Å²) in [6.45, 7) is 3.14. The van der Waals surface area contributed by atoms with Crippen molar-refractivity contribution in [1.82, 2.24) is 0 Å². The van der Waals surface area contributed by atoms with Crippen LogP contribution in [0.1, 0.15) is 18.4 Å². The minimum Gasteiger partial charge on any atom is -0.383 e. The zero-order valence-corrected chi connectivity index (χ0v) is 13.3. The van der Waals surface area contributed by atoms with E-state index in [9.17, 15) is 0 Å². The highest BCUT2D eigenvalue weighted by Gasteiger charge is 2.08. The van der Waals surface area contributed by atoms with E-state index in [4.69, 9.17) is 0 Å². The molecule has 0 saturated carbocycles. The van der Waals surface area contributed by atoms with Crippen molar-refractivity contribution in [2.24, 2.45) is 0 Å². The van der Waals surface area contributed by atoms with Gasteiger partial charge in [0.25, 0.3) is 0 Å². The minimum absolute atomic E-state index is 0.477. The molecule has 2 rings (SSSR count). The Balaban J connectivity index is 2.04. The first kappa shape index (κ1) is 13.6. The maximum Gasteiger partial charge on any atom is 0.0629 e. The van der Waals surface area contributed by atoms with Gasteiger partial charge in [-0.15, -0.1) is 0 Å². The summed E-state index contributed by atoms with van der Waals surface area (Å²) >= 11 is 7.12. The van der Waals surface area contributed by atoms with Gasteiger partial charge in [0.15, 0.2) is 0 Å². The van der Waals surface area contributed by atoms with E-state index in [-0.39, 0.29) is 0 Å². The lowest BCUT2D eigenvalue weighted by atomic mass is 10.0. The van der Waals surface area contributed by atoms with Crippen LogP contribution in [0.4, 0.5) is 5.69 Å². The summed E-state index contributed by atoms with van der Waals surface area (Å²) in [5.74, 6) is 0.477. The van der Waals surface area contributed by atoms with Crippen LogP contribution < -0.4 is 5.32 Å². The highest BCUT2D eigenvalue weighted by atomic mass is 79.9. The van der Waals surface area contributed by atoms with E-state index in [1.807, 2.05) is 24.3 Å². The molecule has 0 heterocycles. The van der Waals surface area contributed by atoms with E-state index in [0.717, 1.165) is 21.2 Å². The largest absolute Gasteiger partial charge is 0.383 e. The fourth-order valence-corrected chi connectivity index (χ4v) is 3.10. The Labute approximate surface area is 125 Å². The summed E-state index contributed by atoms with van der Waals surface area (Å²) in [5.41, 5.74) is 2.47. The van der Waals surface area contributed by atoms with Crippen LogP contribution in [0.15, 0.2) is 57.5 Å². The van der Waals surface area contributed by atoms with E-state index in [0.29, 0.717) is 5.92 Å². The van der Waals surface area contributed by atoms with Crippen molar-refractivity contribution in [1.29, 1.82) is 0 Å². The van der Waals surface area contributed by atoms with Crippen molar-refractivity contribution in [2.45, 2.75) is 12.8 Å². The molecule has 3 heteroatoms. The molecule has 0 aliphatic carbocycles. The van der Waals surface area contributed by atoms with Gasteiger partial charge in [-0.25, -0.2) is 0 Å². The smallest absolute Gasteiger partial charge is 0.0629 e. The first-order chi connectivity index (χ1) is 8.68. The summed E-state index contributed by atoms with van der Waals surface area (Å²) in [5, 5.41) is 3.49. The van der Waals surface area contributed by atoms with Crippen molar-refractivity contribution in [3.8, 4) is 0 Å². The van der Waals surface area contributed by atoms with Gasteiger partial charge >= 0.3 is 0 Å². The number of hydrogen-bond acceptors (Lipinski definition) is 1. The Morgan fingerprint density at radius 1 is 0.944 bits per heavy atom. The summed E-state index contributed by atoms with van der Waals surface area (Å²) in [6.07, 6.45) is 0. The summed E-state index contributed by atoms with van der Waals surface area (Å²) in [6, 6.07) is 16.7. The van der Waals surface area contributed by atoms with Crippen LogP contribution >= 0.6 is 31.9 Å². The highest BCUT2D eigenvalue weighted by molar-refractivity contribution is 9.11. The van der Waals surface area contributed by atoms with Crippen molar-refractivity contribution in [3.63, 3.8) is 0 Å². The second-order valence-electron chi connectivity index (χ2n) is 4.29. The molecule has 0 spiro atoms. The number of nitrogens with one attached hydrogen (secondary N) is 1. The van der Waals surface area contributed by atoms with Crippen molar-refractivity contribution in [3.05, 3.63) is 63.0 Å². The maximum atomic E-state index is 3.56. The third-order valence-corrected chi connectivity index (χ3v) is 4.24. The van der Waals surface area contributed by atoms with Gasteiger partial charge in [-0.3, -0.25) is 0 Å². The van der Waals surface area contributed by atoms with Crippen LogP contribution in [0.2, 0.25) is 0 Å². The molecular formula is C15H15Br2N. The monoisotopic (exact) mass is 367 g/mol. The molecule has 0 saturated heterocycles. The standard InChI is InChI=1S/C15H15Br2N/c1-11(12-6-3-2-4-7-12)10-18-15-13(16)8-5-9-14(15)17/h2-9,11,18H,10H2,1H3. The second-order valence-corrected chi connectivity index (χ2v) is 6.00. The third kappa shape index (κ3) is 3.36. The molecule has 2 aromatic carbocycles. The lowest BCUT2D eigenvalue weighted by Crippen LogP contribution is -2.10. The molecule has 0 radical (unpaired) electrons. The number of halogens is 2. The Kier molecular flexibility index (Phi) is 4.84. The molecule has 0 aliphatic rings. The molecule has 1 N–H and O–H groups in total. The van der Waals surface area contributed by atoms with Crippen molar-refractivity contribution < 1.29 is 0 Å². The highest BCUT2D eigenvalue weighted by Crippen LogP contribution is 2.31. The number of anilines is 1. The molecule has 1 nitrogen and oxygen atoms in total. The minimum atomic E-state index is 0.477. The van der Waals surface area contributed by atoms with Crippen molar-refractivity contribution in [2.75, 3.05) is 11.9 Å². The molecule has 1 unspecified atom stereocenters. The maximum absolute atomic E-state index is 3.56. The lowest BCUT2D eigenvalue weighted by molar-refractivity contribution is 0.804. The Bertz CT molecular complexity index is 491. The molecule has 0 bridgehead atoms. The third-order valence-electron chi connectivity index (χ3n) is 2.92. The molecule has 0 aliphatic heterocycles. The van der Waals surface area contributed by atoms with Gasteiger partial charge in [-0.05, 0) is 55.5 Å². The number of benzene rings is 2. The van der Waals surface area contributed by atoms with Gasteiger partial charge in [0.2, 0.25) is 0 Å². The molecule has 94 valence electrons. The van der Waals surface area contributed by atoms with E-state index in [1.165, 1.54) is 5.56 Å². The zero-order valence-electron chi connectivity index (χ0n) is 10.2. The van der Waals surface area contributed by atoms with Crippen LogP contribution in [-0.4, -0.2) is 6.54 Å². The van der Waals surface area contributed by atoms with E-state index >= 15 is 0 Å². The van der Waals surface area contributed by atoms with Gasteiger partial charge in [-0.1, -0.05) is 43.3 Å². The Morgan fingerprint density at radius 3 is 2.17 bits per heavy atom. The van der Waals surface area contributed by atoms with Gasteiger partial charge in [0.1, 0.15) is 0 Å². The SMILES string of the molecule is CC(CNc1c(Br)cccc1Br)c1ccccc1. The quantitative estimate of drug-likeness (QED) is 0.758. The van der Waals surface area contributed by atoms with Crippen molar-refractivity contribution >= 4 is 37.5 Å². The molecular weight excluding hydrogens is 354 g/mol. The Hall–Kier alpha value is -0.800. The predicted octanol–water partition coefficient (Wildman–Crippen LogP) is 5.43. The fourth-order valence-electron chi connectivity index (χ4n) is 1.82. The molecule has 2 aromatic rings. The van der Waals surface area contributed by atoms with Gasteiger partial charge in [0, 0.05) is 15.5 Å². The second kappa shape index (κ2) is 6.39. The number of rotatable bonds is 4. The van der Waals surface area contributed by atoms with Crippen LogP contribution in [0, 0.1) is 0 Å². The molecule has 0 amide bonds. The van der Waals surface area contributed by atoms with E-state index in [1.54, 1.807) is 0 Å². The predicted molar refractivity (Wildman–Crippen MR) is 85.2 cm³/mol. The van der Waals surface area contributed by atoms with Gasteiger partial charge < -0.3 is 5.32 Å². The van der Waals surface area contributed by atoms with Crippen LogP contribution in [0.3, 0.4) is 0 Å².